The van der Waals surface area contributed by atoms with Crippen molar-refractivity contribution in [3.63, 3.8) is 0 Å². The molecule has 0 bridgehead atoms. The lowest BCUT2D eigenvalue weighted by Crippen LogP contribution is -2.05. The molecule has 0 N–H and O–H groups in total. The number of ether oxygens (including phenoxy) is 1. The van der Waals surface area contributed by atoms with E-state index in [0.29, 0.717) is 15.4 Å². The minimum Gasteiger partial charge on any atom is -0.606 e. The van der Waals surface area contributed by atoms with Crippen LogP contribution in [0.4, 0.5) is 0 Å². The highest BCUT2D eigenvalue weighted by Crippen LogP contribution is 2.19. The zero-order valence-corrected chi connectivity index (χ0v) is 10.4. The second kappa shape index (κ2) is 5.61. The van der Waals surface area contributed by atoms with Gasteiger partial charge in [-0.3, -0.25) is 0 Å². The van der Waals surface area contributed by atoms with Gasteiger partial charge in [0.1, 0.15) is 6.33 Å². The number of aromatic nitrogens is 2. The van der Waals surface area contributed by atoms with Crippen LogP contribution < -0.4 is 0 Å². The number of esters is 1. The van der Waals surface area contributed by atoms with Crippen molar-refractivity contribution in [1.29, 1.82) is 0 Å². The van der Waals surface area contributed by atoms with E-state index >= 15 is 0 Å². The second-order valence-electron chi connectivity index (χ2n) is 3.36. The van der Waals surface area contributed by atoms with Crippen LogP contribution in [0, 0.1) is 0 Å². The van der Waals surface area contributed by atoms with Gasteiger partial charge in [0, 0.05) is 11.2 Å². The topological polar surface area (TPSA) is 75.1 Å². The van der Waals surface area contributed by atoms with Crippen molar-refractivity contribution in [2.45, 2.75) is 9.79 Å². The Labute approximate surface area is 107 Å². The molecule has 2 aromatic rings. The van der Waals surface area contributed by atoms with Crippen molar-refractivity contribution >= 4 is 17.1 Å². The highest BCUT2D eigenvalue weighted by Gasteiger charge is 2.16. The lowest BCUT2D eigenvalue weighted by Gasteiger charge is -2.08. The number of methoxy groups -OCH3 is 1. The molecule has 18 heavy (non-hydrogen) atoms. The average Bonchev–Trinajstić information content (AvgIpc) is 2.47. The number of benzene rings is 1. The molecule has 0 radical (unpaired) electrons. The Balaban J connectivity index is 2.22. The van der Waals surface area contributed by atoms with E-state index in [9.17, 15) is 9.35 Å². The van der Waals surface area contributed by atoms with E-state index in [2.05, 4.69) is 14.7 Å². The Morgan fingerprint density at radius 2 is 1.78 bits per heavy atom. The van der Waals surface area contributed by atoms with E-state index in [4.69, 9.17) is 0 Å². The van der Waals surface area contributed by atoms with Crippen LogP contribution in [0.3, 0.4) is 0 Å². The van der Waals surface area contributed by atoms with Gasteiger partial charge in [0.25, 0.3) is 0 Å². The van der Waals surface area contributed by atoms with Crippen LogP contribution >= 0.6 is 0 Å². The lowest BCUT2D eigenvalue weighted by molar-refractivity contribution is 0.0600. The van der Waals surface area contributed by atoms with Gasteiger partial charge >= 0.3 is 5.97 Å². The molecule has 1 heterocycles. The molecule has 1 atom stereocenters. The van der Waals surface area contributed by atoms with Crippen LogP contribution in [0.1, 0.15) is 10.4 Å². The summed E-state index contributed by atoms with van der Waals surface area (Å²) in [6.07, 6.45) is 4.37. The van der Waals surface area contributed by atoms with Crippen LogP contribution in [0.5, 0.6) is 0 Å². The van der Waals surface area contributed by atoms with Crippen LogP contribution in [-0.4, -0.2) is 27.6 Å². The summed E-state index contributed by atoms with van der Waals surface area (Å²) in [4.78, 5) is 20.0. The summed E-state index contributed by atoms with van der Waals surface area (Å²) in [5.74, 6) is -0.421. The quantitative estimate of drug-likeness (QED) is 0.618. The van der Waals surface area contributed by atoms with Crippen molar-refractivity contribution in [3.05, 3.63) is 48.5 Å². The Hall–Kier alpha value is -1.92. The van der Waals surface area contributed by atoms with E-state index in [0.717, 1.165) is 0 Å². The van der Waals surface area contributed by atoms with Crippen LogP contribution in [0.2, 0.25) is 0 Å². The first-order valence-corrected chi connectivity index (χ1v) is 6.22. The fourth-order valence-electron chi connectivity index (χ4n) is 1.35. The number of nitrogens with zero attached hydrogens (tertiary/aromatic N) is 2. The summed E-state index contributed by atoms with van der Waals surface area (Å²) in [6, 6.07) is 6.39. The molecule has 92 valence electrons. The number of hydrogen-bond acceptors (Lipinski definition) is 5. The van der Waals surface area contributed by atoms with E-state index in [1.807, 2.05) is 0 Å². The number of hydrogen-bond donors (Lipinski definition) is 0. The van der Waals surface area contributed by atoms with Crippen LogP contribution in [0.25, 0.3) is 0 Å². The normalized spacial score (nSPS) is 11.9. The van der Waals surface area contributed by atoms with Crippen molar-refractivity contribution in [2.75, 3.05) is 7.11 Å². The maximum Gasteiger partial charge on any atom is 0.337 e. The lowest BCUT2D eigenvalue weighted by atomic mass is 10.2. The molecule has 2 rings (SSSR count). The maximum absolute atomic E-state index is 12.1. The van der Waals surface area contributed by atoms with E-state index in [1.54, 1.807) is 24.3 Å². The molecule has 0 aliphatic rings. The summed E-state index contributed by atoms with van der Waals surface area (Å²) in [6.45, 7) is 0. The Kier molecular flexibility index (Phi) is 3.91. The van der Waals surface area contributed by atoms with Gasteiger partial charge in [-0.25, -0.2) is 14.8 Å². The van der Waals surface area contributed by atoms with Gasteiger partial charge in [0.2, 0.25) is 0 Å². The molecule has 0 saturated carbocycles. The SMILES string of the molecule is COC(=O)c1ccc([S+]([O-])c2cncnc2)cc1. The van der Waals surface area contributed by atoms with Crippen LogP contribution in [-0.2, 0) is 15.9 Å². The number of carbonyl (C=O) groups excluding carboxylic acids is 1. The Morgan fingerprint density at radius 3 is 2.33 bits per heavy atom. The second-order valence-corrected chi connectivity index (χ2v) is 4.84. The van der Waals surface area contributed by atoms with Gasteiger partial charge in [0.05, 0.1) is 25.1 Å². The fraction of sp³-hybridized carbons (Fsp3) is 0.0833. The van der Waals surface area contributed by atoms with Gasteiger partial charge in [-0.15, -0.1) is 0 Å². The van der Waals surface area contributed by atoms with Crippen molar-refractivity contribution in [3.8, 4) is 0 Å². The van der Waals surface area contributed by atoms with Gasteiger partial charge in [0.15, 0.2) is 9.79 Å². The highest BCUT2D eigenvalue weighted by molar-refractivity contribution is 7.91. The third-order valence-electron chi connectivity index (χ3n) is 2.24. The monoisotopic (exact) mass is 262 g/mol. The summed E-state index contributed by atoms with van der Waals surface area (Å²) in [5, 5.41) is 0. The Bertz CT molecular complexity index is 531. The molecule has 0 spiro atoms. The summed E-state index contributed by atoms with van der Waals surface area (Å²) in [5.41, 5.74) is 0.419. The van der Waals surface area contributed by atoms with Crippen molar-refractivity contribution in [2.24, 2.45) is 0 Å². The molecule has 6 heteroatoms. The molecule has 0 fully saturated rings. The highest BCUT2D eigenvalue weighted by atomic mass is 32.2. The molecule has 0 aliphatic heterocycles. The standard InChI is InChI=1S/C12H10N2O3S/c1-17-12(15)9-2-4-10(5-3-9)18(16)11-6-13-8-14-7-11/h2-8H,1H3. The van der Waals surface area contributed by atoms with E-state index in [1.165, 1.54) is 25.8 Å². The molecular formula is C12H10N2O3S. The molecule has 1 unspecified atom stereocenters. The first-order valence-electron chi connectivity index (χ1n) is 5.07. The van der Waals surface area contributed by atoms with Crippen LogP contribution in [0.15, 0.2) is 52.8 Å². The molecule has 1 aromatic carbocycles. The molecule has 0 amide bonds. The molecule has 1 aromatic heterocycles. The molecule has 5 nitrogen and oxygen atoms in total. The minimum absolute atomic E-state index is 0.419. The first kappa shape index (κ1) is 12.5. The molecule has 0 saturated heterocycles. The first-order chi connectivity index (χ1) is 8.72. The summed E-state index contributed by atoms with van der Waals surface area (Å²) < 4.78 is 16.7. The fourth-order valence-corrected chi connectivity index (χ4v) is 2.32. The minimum atomic E-state index is -1.35. The van der Waals surface area contributed by atoms with Gasteiger partial charge in [-0.2, -0.15) is 0 Å². The zero-order valence-electron chi connectivity index (χ0n) is 9.57. The smallest absolute Gasteiger partial charge is 0.337 e. The maximum atomic E-state index is 12.1. The number of rotatable bonds is 3. The van der Waals surface area contributed by atoms with Gasteiger partial charge in [-0.05, 0) is 24.3 Å². The van der Waals surface area contributed by atoms with Gasteiger partial charge in [-0.1, -0.05) is 0 Å². The summed E-state index contributed by atoms with van der Waals surface area (Å²) >= 11 is -1.35. The predicted octanol–water partition coefficient (Wildman–Crippen LogP) is 1.43. The van der Waals surface area contributed by atoms with E-state index in [-0.39, 0.29) is 0 Å². The van der Waals surface area contributed by atoms with Crippen molar-refractivity contribution < 1.29 is 14.1 Å². The third-order valence-corrected chi connectivity index (χ3v) is 3.58. The van der Waals surface area contributed by atoms with E-state index < -0.39 is 17.1 Å². The number of carbonyl (C=O) groups is 1. The Morgan fingerprint density at radius 1 is 1.17 bits per heavy atom. The largest absolute Gasteiger partial charge is 0.606 e. The zero-order chi connectivity index (χ0) is 13.0. The average molecular weight is 262 g/mol. The summed E-state index contributed by atoms with van der Waals surface area (Å²) in [7, 11) is 1.32. The molecular weight excluding hydrogens is 252 g/mol. The third kappa shape index (κ3) is 2.66. The molecule has 0 aliphatic carbocycles. The van der Waals surface area contributed by atoms with Gasteiger partial charge < -0.3 is 9.29 Å². The predicted molar refractivity (Wildman–Crippen MR) is 64.5 cm³/mol. The van der Waals surface area contributed by atoms with Crippen molar-refractivity contribution in [1.82, 2.24) is 9.97 Å².